The molecule has 4 aromatic carbocycles. The maximum absolute atomic E-state index is 2.44. The molecule has 0 saturated heterocycles. The molecule has 1 atom stereocenters. The summed E-state index contributed by atoms with van der Waals surface area (Å²) >= 11 is 0. The molecule has 172 valence electrons. The molecule has 0 fully saturated rings. The van der Waals surface area contributed by atoms with E-state index in [0.29, 0.717) is 5.92 Å². The van der Waals surface area contributed by atoms with E-state index in [0.717, 1.165) is 6.42 Å². The van der Waals surface area contributed by atoms with Gasteiger partial charge in [0.1, 0.15) is 0 Å². The zero-order valence-corrected chi connectivity index (χ0v) is 20.7. The highest BCUT2D eigenvalue weighted by molar-refractivity contribution is 5.86. The smallest absolute Gasteiger partial charge is 0.0499 e. The Kier molecular flexibility index (Phi) is 5.22. The minimum Gasteiger partial charge on any atom is -0.310 e. The number of fused-ring (bicyclic) bond motifs is 3. The van der Waals surface area contributed by atoms with Gasteiger partial charge < -0.3 is 4.90 Å². The lowest BCUT2D eigenvalue weighted by Gasteiger charge is -2.31. The van der Waals surface area contributed by atoms with Crippen LogP contribution < -0.4 is 4.90 Å². The average Bonchev–Trinajstić information content (AvgIpc) is 3.13. The molecule has 0 amide bonds. The number of allylic oxidation sites excluding steroid dienone is 4. The predicted molar refractivity (Wildman–Crippen MR) is 149 cm³/mol. The van der Waals surface area contributed by atoms with Gasteiger partial charge in [0.2, 0.25) is 0 Å². The number of para-hydroxylation sites is 1. The van der Waals surface area contributed by atoms with Crippen molar-refractivity contribution >= 4 is 17.1 Å². The van der Waals surface area contributed by atoms with Gasteiger partial charge in [-0.1, -0.05) is 104 Å². The van der Waals surface area contributed by atoms with E-state index in [1.807, 2.05) is 0 Å². The van der Waals surface area contributed by atoms with E-state index < -0.39 is 0 Å². The maximum atomic E-state index is 2.44. The Hall–Kier alpha value is -3.84. The number of hydrogen-bond acceptors (Lipinski definition) is 1. The summed E-state index contributed by atoms with van der Waals surface area (Å²) in [6.45, 7) is 6.85. The average molecular weight is 454 g/mol. The molecule has 1 unspecified atom stereocenters. The van der Waals surface area contributed by atoms with Gasteiger partial charge in [0.05, 0.1) is 0 Å². The van der Waals surface area contributed by atoms with Gasteiger partial charge in [0.15, 0.2) is 0 Å². The standard InChI is InChI=1S/C34H31N/c1-24-17-19-26(20-18-24)35(33-16-10-8-13-28(33)25-11-5-4-6-12-25)27-21-22-30-29-14-7-9-15-31(29)34(2,3)32(30)23-27/h4-11,13-23,25H,12H2,1-3H3. The van der Waals surface area contributed by atoms with Crippen molar-refractivity contribution in [2.75, 3.05) is 4.90 Å². The third-order valence-electron chi connectivity index (χ3n) is 7.68. The van der Waals surface area contributed by atoms with Gasteiger partial charge in [-0.15, -0.1) is 0 Å². The van der Waals surface area contributed by atoms with E-state index in [9.17, 15) is 0 Å². The molecule has 2 aliphatic rings. The van der Waals surface area contributed by atoms with Crippen molar-refractivity contribution in [1.82, 2.24) is 0 Å². The van der Waals surface area contributed by atoms with Gasteiger partial charge in [0.25, 0.3) is 0 Å². The number of anilines is 3. The van der Waals surface area contributed by atoms with Crippen LogP contribution in [0.1, 0.15) is 48.4 Å². The molecule has 6 rings (SSSR count). The van der Waals surface area contributed by atoms with E-state index in [-0.39, 0.29) is 5.41 Å². The van der Waals surface area contributed by atoms with Crippen molar-refractivity contribution in [3.8, 4) is 11.1 Å². The Labute approximate surface area is 209 Å². The van der Waals surface area contributed by atoms with E-state index >= 15 is 0 Å². The summed E-state index contributed by atoms with van der Waals surface area (Å²) < 4.78 is 0. The van der Waals surface area contributed by atoms with Crippen molar-refractivity contribution in [3.63, 3.8) is 0 Å². The van der Waals surface area contributed by atoms with Crippen LogP contribution in [0.15, 0.2) is 115 Å². The molecule has 4 aromatic rings. The molecule has 0 radical (unpaired) electrons. The van der Waals surface area contributed by atoms with Crippen molar-refractivity contribution < 1.29 is 0 Å². The van der Waals surface area contributed by atoms with Crippen LogP contribution in [0.2, 0.25) is 0 Å². The summed E-state index contributed by atoms with van der Waals surface area (Å²) in [5.74, 6) is 0.374. The molecule has 1 nitrogen and oxygen atoms in total. The lowest BCUT2D eigenvalue weighted by Crippen LogP contribution is -2.17. The highest BCUT2D eigenvalue weighted by Crippen LogP contribution is 2.51. The molecule has 0 aliphatic heterocycles. The molecule has 2 aliphatic carbocycles. The summed E-state index contributed by atoms with van der Waals surface area (Å²) in [5.41, 5.74) is 11.8. The largest absolute Gasteiger partial charge is 0.310 e. The Bertz CT molecular complexity index is 1450. The normalized spacial score (nSPS) is 17.2. The van der Waals surface area contributed by atoms with Crippen LogP contribution in [0.4, 0.5) is 17.1 Å². The fraction of sp³-hybridized carbons (Fsp3) is 0.176. The van der Waals surface area contributed by atoms with Crippen molar-refractivity contribution in [3.05, 3.63) is 138 Å². The number of hydrogen-bond donors (Lipinski definition) is 0. The summed E-state index contributed by atoms with van der Waals surface area (Å²) in [4.78, 5) is 2.44. The third kappa shape index (κ3) is 3.63. The van der Waals surface area contributed by atoms with E-state index in [1.165, 1.54) is 50.4 Å². The first kappa shape index (κ1) is 21.7. The lowest BCUT2D eigenvalue weighted by atomic mass is 9.82. The third-order valence-corrected chi connectivity index (χ3v) is 7.68. The van der Waals surface area contributed by atoms with Gasteiger partial charge in [-0.05, 0) is 71.5 Å². The van der Waals surface area contributed by atoms with Crippen LogP contribution in [0.5, 0.6) is 0 Å². The molecule has 1 heteroatoms. The quantitative estimate of drug-likeness (QED) is 0.297. The second kappa shape index (κ2) is 8.43. The van der Waals surface area contributed by atoms with Gasteiger partial charge in [0, 0.05) is 28.4 Å². The minimum atomic E-state index is -0.0305. The molecule has 0 heterocycles. The number of aryl methyl sites for hydroxylation is 1. The fourth-order valence-corrected chi connectivity index (χ4v) is 5.77. The van der Waals surface area contributed by atoms with Gasteiger partial charge in [-0.2, -0.15) is 0 Å². The highest BCUT2D eigenvalue weighted by atomic mass is 15.1. The van der Waals surface area contributed by atoms with E-state index in [4.69, 9.17) is 0 Å². The van der Waals surface area contributed by atoms with Crippen molar-refractivity contribution in [2.45, 2.75) is 38.5 Å². The van der Waals surface area contributed by atoms with Crippen LogP contribution in [-0.2, 0) is 5.41 Å². The predicted octanol–water partition coefficient (Wildman–Crippen LogP) is 9.37. The Morgan fingerprint density at radius 1 is 0.714 bits per heavy atom. The summed E-state index contributed by atoms with van der Waals surface area (Å²) in [5, 5.41) is 0. The molecule has 0 aromatic heterocycles. The maximum Gasteiger partial charge on any atom is 0.0499 e. The van der Waals surface area contributed by atoms with E-state index in [1.54, 1.807) is 0 Å². The Morgan fingerprint density at radius 3 is 2.23 bits per heavy atom. The van der Waals surface area contributed by atoms with Crippen LogP contribution in [-0.4, -0.2) is 0 Å². The molecular weight excluding hydrogens is 422 g/mol. The zero-order valence-electron chi connectivity index (χ0n) is 20.7. The first-order valence-electron chi connectivity index (χ1n) is 12.6. The Balaban J connectivity index is 1.54. The SMILES string of the molecule is Cc1ccc(N(c2ccc3c(c2)C(C)(C)c2ccccc2-3)c2ccccc2C2C=CC=CC2)cc1. The van der Waals surface area contributed by atoms with Crippen molar-refractivity contribution in [1.29, 1.82) is 0 Å². The number of benzene rings is 4. The number of rotatable bonds is 4. The lowest BCUT2D eigenvalue weighted by molar-refractivity contribution is 0.660. The van der Waals surface area contributed by atoms with Gasteiger partial charge >= 0.3 is 0 Å². The summed E-state index contributed by atoms with van der Waals surface area (Å²) in [6, 6.07) is 33.7. The molecule has 35 heavy (non-hydrogen) atoms. The molecule has 0 saturated carbocycles. The fourth-order valence-electron chi connectivity index (χ4n) is 5.77. The van der Waals surface area contributed by atoms with Crippen molar-refractivity contribution in [2.24, 2.45) is 0 Å². The summed E-state index contributed by atoms with van der Waals surface area (Å²) in [7, 11) is 0. The summed E-state index contributed by atoms with van der Waals surface area (Å²) in [6.07, 6.45) is 9.95. The zero-order chi connectivity index (χ0) is 24.0. The molecule has 0 bridgehead atoms. The first-order chi connectivity index (χ1) is 17.0. The van der Waals surface area contributed by atoms with Gasteiger partial charge in [-0.25, -0.2) is 0 Å². The van der Waals surface area contributed by atoms with E-state index in [2.05, 4.69) is 141 Å². The first-order valence-corrected chi connectivity index (χ1v) is 12.6. The van der Waals surface area contributed by atoms with Gasteiger partial charge in [-0.3, -0.25) is 0 Å². The number of nitrogens with zero attached hydrogens (tertiary/aromatic N) is 1. The molecule has 0 N–H and O–H groups in total. The Morgan fingerprint density at radius 2 is 1.43 bits per heavy atom. The van der Waals surface area contributed by atoms with Crippen LogP contribution in [0.3, 0.4) is 0 Å². The van der Waals surface area contributed by atoms with Crippen LogP contribution >= 0.6 is 0 Å². The molecular formula is C34H31N. The minimum absolute atomic E-state index is 0.0305. The second-order valence-corrected chi connectivity index (χ2v) is 10.3. The second-order valence-electron chi connectivity index (χ2n) is 10.3. The van der Waals surface area contributed by atoms with Crippen LogP contribution in [0.25, 0.3) is 11.1 Å². The molecule has 0 spiro atoms. The van der Waals surface area contributed by atoms with Crippen LogP contribution in [0, 0.1) is 6.92 Å². The topological polar surface area (TPSA) is 3.24 Å². The highest BCUT2D eigenvalue weighted by Gasteiger charge is 2.35. The monoisotopic (exact) mass is 453 g/mol.